The molecule has 0 atom stereocenters. The lowest BCUT2D eigenvalue weighted by atomic mass is 9.84. The quantitative estimate of drug-likeness (QED) is 0.642. The Hall–Kier alpha value is -1.42. The van der Waals surface area contributed by atoms with Crippen molar-refractivity contribution >= 4 is 5.69 Å². The van der Waals surface area contributed by atoms with E-state index >= 15 is 0 Å². The van der Waals surface area contributed by atoms with Gasteiger partial charge in [0.05, 0.1) is 4.92 Å². The van der Waals surface area contributed by atoms with E-state index in [0.29, 0.717) is 0 Å². The zero-order chi connectivity index (χ0) is 12.3. The molecule has 0 unspecified atom stereocenters. The van der Waals surface area contributed by atoms with Crippen molar-refractivity contribution in [3.63, 3.8) is 0 Å². The van der Waals surface area contributed by atoms with E-state index in [0.717, 1.165) is 36.8 Å². The van der Waals surface area contributed by atoms with Crippen LogP contribution in [0.5, 0.6) is 0 Å². The highest BCUT2D eigenvalue weighted by Gasteiger charge is 2.65. The van der Waals surface area contributed by atoms with E-state index < -0.39 is 0 Å². The molecule has 3 rings (SSSR count). The smallest absolute Gasteiger partial charge is 0.273 e. The Morgan fingerprint density at radius 3 is 2.41 bits per heavy atom. The molecule has 2 N–H and O–H groups in total. The lowest BCUT2D eigenvalue weighted by Gasteiger charge is -2.23. The van der Waals surface area contributed by atoms with Crippen molar-refractivity contribution in [1.82, 2.24) is 0 Å². The molecule has 17 heavy (non-hydrogen) atoms. The van der Waals surface area contributed by atoms with Crippen LogP contribution in [0, 0.1) is 17.0 Å². The third-order valence-corrected chi connectivity index (χ3v) is 4.36. The van der Waals surface area contributed by atoms with Gasteiger partial charge in [-0.15, -0.1) is 0 Å². The van der Waals surface area contributed by atoms with Gasteiger partial charge >= 0.3 is 0 Å². The van der Waals surface area contributed by atoms with E-state index in [1.165, 1.54) is 0 Å². The highest BCUT2D eigenvalue weighted by Crippen LogP contribution is 2.65. The minimum absolute atomic E-state index is 0.110. The SMILES string of the molecule is Cc1ccc([N+](=O)[O-])c(C2(C3(N)CC3)CC2)c1. The lowest BCUT2D eigenvalue weighted by Crippen LogP contribution is -2.37. The van der Waals surface area contributed by atoms with Crippen LogP contribution in [0.15, 0.2) is 18.2 Å². The molecule has 1 aromatic rings. The Bertz CT molecular complexity index is 502. The number of nitro groups is 1. The van der Waals surface area contributed by atoms with E-state index in [2.05, 4.69) is 0 Å². The van der Waals surface area contributed by atoms with Gasteiger partial charge in [-0.05, 0) is 38.7 Å². The number of nitrogens with zero attached hydrogens (tertiary/aromatic N) is 1. The summed E-state index contributed by atoms with van der Waals surface area (Å²) in [5, 5.41) is 11.1. The van der Waals surface area contributed by atoms with E-state index in [-0.39, 0.29) is 21.6 Å². The van der Waals surface area contributed by atoms with Gasteiger partial charge in [-0.3, -0.25) is 10.1 Å². The summed E-state index contributed by atoms with van der Waals surface area (Å²) in [5.41, 5.74) is 8.21. The molecule has 0 aromatic heterocycles. The first kappa shape index (κ1) is 10.7. The number of hydrogen-bond acceptors (Lipinski definition) is 3. The topological polar surface area (TPSA) is 69.2 Å². The highest BCUT2D eigenvalue weighted by atomic mass is 16.6. The van der Waals surface area contributed by atoms with Crippen LogP contribution in [-0.2, 0) is 5.41 Å². The summed E-state index contributed by atoms with van der Waals surface area (Å²) in [6, 6.07) is 5.38. The van der Waals surface area contributed by atoms with Crippen LogP contribution in [0.3, 0.4) is 0 Å². The number of aryl methyl sites for hydroxylation is 1. The lowest BCUT2D eigenvalue weighted by molar-refractivity contribution is -0.385. The maximum Gasteiger partial charge on any atom is 0.273 e. The molecule has 2 aliphatic rings. The molecule has 0 aliphatic heterocycles. The molecule has 2 saturated carbocycles. The second-order valence-electron chi connectivity index (χ2n) is 5.52. The molecule has 90 valence electrons. The van der Waals surface area contributed by atoms with Crippen molar-refractivity contribution in [1.29, 1.82) is 0 Å². The fraction of sp³-hybridized carbons (Fsp3) is 0.538. The second-order valence-corrected chi connectivity index (χ2v) is 5.52. The summed E-state index contributed by atoms with van der Waals surface area (Å²) < 4.78 is 0. The summed E-state index contributed by atoms with van der Waals surface area (Å²) in [5.74, 6) is 0. The van der Waals surface area contributed by atoms with Gasteiger partial charge in [-0.2, -0.15) is 0 Å². The zero-order valence-electron chi connectivity index (χ0n) is 9.90. The largest absolute Gasteiger partial charge is 0.324 e. The Labute approximate surface area is 100.0 Å². The summed E-state index contributed by atoms with van der Waals surface area (Å²) in [6.45, 7) is 1.97. The van der Waals surface area contributed by atoms with Crippen molar-refractivity contribution in [2.75, 3.05) is 0 Å². The predicted octanol–water partition coefficient (Wildman–Crippen LogP) is 2.43. The van der Waals surface area contributed by atoms with Gasteiger partial charge in [0.1, 0.15) is 0 Å². The molecule has 4 nitrogen and oxygen atoms in total. The maximum absolute atomic E-state index is 11.1. The zero-order valence-corrected chi connectivity index (χ0v) is 9.90. The average Bonchev–Trinajstić information content (AvgIpc) is 3.12. The normalized spacial score (nSPS) is 23.2. The third kappa shape index (κ3) is 1.40. The minimum atomic E-state index is -0.277. The van der Waals surface area contributed by atoms with Gasteiger partial charge in [0.25, 0.3) is 5.69 Å². The minimum Gasteiger partial charge on any atom is -0.324 e. The van der Waals surface area contributed by atoms with Crippen molar-refractivity contribution < 1.29 is 4.92 Å². The van der Waals surface area contributed by atoms with Crippen LogP contribution in [0.1, 0.15) is 36.8 Å². The molecule has 1 aromatic carbocycles. The van der Waals surface area contributed by atoms with Crippen LogP contribution < -0.4 is 5.73 Å². The Kier molecular flexibility index (Phi) is 1.94. The Balaban J connectivity index is 2.14. The molecule has 2 fully saturated rings. The molecule has 0 heterocycles. The second kappa shape index (κ2) is 3.07. The monoisotopic (exact) mass is 232 g/mol. The van der Waals surface area contributed by atoms with Crippen molar-refractivity contribution in [3.8, 4) is 0 Å². The van der Waals surface area contributed by atoms with E-state index in [1.54, 1.807) is 12.1 Å². The van der Waals surface area contributed by atoms with E-state index in [9.17, 15) is 10.1 Å². The Morgan fingerprint density at radius 1 is 1.29 bits per heavy atom. The van der Waals surface area contributed by atoms with Gasteiger partial charge in [0, 0.05) is 22.6 Å². The van der Waals surface area contributed by atoms with Crippen molar-refractivity contribution in [2.24, 2.45) is 5.73 Å². The molecule has 0 amide bonds. The third-order valence-electron chi connectivity index (χ3n) is 4.36. The highest BCUT2D eigenvalue weighted by molar-refractivity contribution is 5.53. The molecule has 0 radical (unpaired) electrons. The summed E-state index contributed by atoms with van der Waals surface area (Å²) in [6.07, 6.45) is 3.98. The molecule has 0 bridgehead atoms. The van der Waals surface area contributed by atoms with Crippen molar-refractivity contribution in [3.05, 3.63) is 39.4 Å². The number of nitrogens with two attached hydrogens (primary N) is 1. The van der Waals surface area contributed by atoms with E-state index in [1.807, 2.05) is 13.0 Å². The number of nitro benzene ring substituents is 1. The molecule has 2 aliphatic carbocycles. The van der Waals surface area contributed by atoms with Crippen LogP contribution in [-0.4, -0.2) is 10.5 Å². The van der Waals surface area contributed by atoms with E-state index in [4.69, 9.17) is 5.73 Å². The van der Waals surface area contributed by atoms with Gasteiger partial charge in [0.2, 0.25) is 0 Å². The number of rotatable bonds is 3. The number of benzene rings is 1. The fourth-order valence-electron chi connectivity index (χ4n) is 2.97. The average molecular weight is 232 g/mol. The summed E-state index contributed by atoms with van der Waals surface area (Å²) in [4.78, 5) is 10.8. The van der Waals surface area contributed by atoms with Crippen LogP contribution in [0.2, 0.25) is 0 Å². The number of hydrogen-bond donors (Lipinski definition) is 1. The first-order chi connectivity index (χ1) is 7.98. The fourth-order valence-corrected chi connectivity index (χ4v) is 2.97. The van der Waals surface area contributed by atoms with Gasteiger partial charge in [-0.25, -0.2) is 0 Å². The van der Waals surface area contributed by atoms with Crippen LogP contribution in [0.4, 0.5) is 5.69 Å². The van der Waals surface area contributed by atoms with Gasteiger partial charge < -0.3 is 5.73 Å². The first-order valence-electron chi connectivity index (χ1n) is 6.03. The summed E-state index contributed by atoms with van der Waals surface area (Å²) in [7, 11) is 0. The van der Waals surface area contributed by atoms with Crippen LogP contribution in [0.25, 0.3) is 0 Å². The van der Waals surface area contributed by atoms with Crippen molar-refractivity contribution in [2.45, 2.75) is 43.6 Å². The van der Waals surface area contributed by atoms with Gasteiger partial charge in [0.15, 0.2) is 0 Å². The molecular formula is C13H16N2O2. The maximum atomic E-state index is 11.1. The molecule has 0 saturated heterocycles. The predicted molar refractivity (Wildman–Crippen MR) is 64.9 cm³/mol. The summed E-state index contributed by atoms with van der Waals surface area (Å²) >= 11 is 0. The molecular weight excluding hydrogens is 216 g/mol. The standard InChI is InChI=1S/C13H16N2O2/c1-9-2-3-11(15(16)17)10(8-9)12(4-5-12)13(14)6-7-13/h2-3,8H,4-7,14H2,1H3. The molecule has 4 heteroatoms. The molecule has 0 spiro atoms. The van der Waals surface area contributed by atoms with Crippen LogP contribution >= 0.6 is 0 Å². The Morgan fingerprint density at radius 2 is 1.94 bits per heavy atom. The first-order valence-corrected chi connectivity index (χ1v) is 6.03. The van der Waals surface area contributed by atoms with Gasteiger partial charge in [-0.1, -0.05) is 11.6 Å².